The van der Waals surface area contributed by atoms with Crippen molar-refractivity contribution in [3.8, 4) is 0 Å². The van der Waals surface area contributed by atoms with Crippen LogP contribution in [0.1, 0.15) is 12.5 Å². The van der Waals surface area contributed by atoms with Gasteiger partial charge in [0.1, 0.15) is 0 Å². The molecule has 1 atom stereocenters. The monoisotopic (exact) mass is 209 g/mol. The number of hydrogen-bond donors (Lipinski definition) is 1. The Balaban J connectivity index is 2.10. The third-order valence-corrected chi connectivity index (χ3v) is 3.24. The first-order valence-electron chi connectivity index (χ1n) is 5.10. The van der Waals surface area contributed by atoms with E-state index >= 15 is 0 Å². The maximum absolute atomic E-state index is 3.46. The van der Waals surface area contributed by atoms with Gasteiger partial charge in [0, 0.05) is 11.8 Å². The molecule has 0 aromatic heterocycles. The van der Waals surface area contributed by atoms with Gasteiger partial charge in [-0.05, 0) is 24.8 Å². The van der Waals surface area contributed by atoms with Gasteiger partial charge in [0.15, 0.2) is 0 Å². The summed E-state index contributed by atoms with van der Waals surface area (Å²) in [7, 11) is 0. The van der Waals surface area contributed by atoms with Gasteiger partial charge in [-0.15, -0.1) is 0 Å². The quantitative estimate of drug-likeness (QED) is 0.723. The van der Waals surface area contributed by atoms with Crippen molar-refractivity contribution in [3.05, 3.63) is 35.9 Å². The summed E-state index contributed by atoms with van der Waals surface area (Å²) in [6.07, 6.45) is 3.28. The van der Waals surface area contributed by atoms with Crippen molar-refractivity contribution in [2.24, 2.45) is 0 Å². The molecule has 0 heterocycles. The molecule has 0 aliphatic rings. The van der Waals surface area contributed by atoms with Crippen LogP contribution in [0.25, 0.3) is 0 Å². The zero-order valence-corrected chi connectivity index (χ0v) is 9.81. The van der Waals surface area contributed by atoms with Crippen molar-refractivity contribution < 1.29 is 0 Å². The fraction of sp³-hybridized carbons (Fsp3) is 0.500. The minimum atomic E-state index is 0.714. The van der Waals surface area contributed by atoms with E-state index in [0.717, 1.165) is 19.5 Å². The maximum atomic E-state index is 3.46. The van der Waals surface area contributed by atoms with E-state index in [1.165, 1.54) is 5.56 Å². The molecule has 14 heavy (non-hydrogen) atoms. The molecule has 1 nitrogen and oxygen atoms in total. The van der Waals surface area contributed by atoms with E-state index in [-0.39, 0.29) is 0 Å². The van der Waals surface area contributed by atoms with Crippen LogP contribution >= 0.6 is 11.8 Å². The van der Waals surface area contributed by atoms with Gasteiger partial charge in [0.05, 0.1) is 0 Å². The summed E-state index contributed by atoms with van der Waals surface area (Å²) >= 11 is 1.91. The molecule has 1 rings (SSSR count). The lowest BCUT2D eigenvalue weighted by atomic mass is 10.1. The zero-order valence-electron chi connectivity index (χ0n) is 8.99. The van der Waals surface area contributed by atoms with E-state index in [2.05, 4.69) is 48.8 Å². The van der Waals surface area contributed by atoms with E-state index in [1.54, 1.807) is 0 Å². The summed E-state index contributed by atoms with van der Waals surface area (Å²) in [4.78, 5) is 0. The van der Waals surface area contributed by atoms with Crippen LogP contribution in [0.4, 0.5) is 0 Å². The Morgan fingerprint density at radius 2 is 2.00 bits per heavy atom. The second-order valence-electron chi connectivity index (χ2n) is 3.49. The molecule has 0 fully saturated rings. The number of hydrogen-bond acceptors (Lipinski definition) is 2. The fourth-order valence-electron chi connectivity index (χ4n) is 1.27. The van der Waals surface area contributed by atoms with Crippen molar-refractivity contribution in [2.45, 2.75) is 18.6 Å². The number of nitrogens with one attached hydrogen (secondary N) is 1. The predicted molar refractivity (Wildman–Crippen MR) is 66.0 cm³/mol. The van der Waals surface area contributed by atoms with Crippen molar-refractivity contribution in [1.82, 2.24) is 5.32 Å². The Morgan fingerprint density at radius 1 is 1.29 bits per heavy atom. The average molecular weight is 209 g/mol. The van der Waals surface area contributed by atoms with Crippen molar-refractivity contribution in [2.75, 3.05) is 19.3 Å². The van der Waals surface area contributed by atoms with Crippen molar-refractivity contribution in [3.63, 3.8) is 0 Å². The van der Waals surface area contributed by atoms with Crippen LogP contribution in [-0.2, 0) is 6.42 Å². The molecular weight excluding hydrogens is 190 g/mol. The molecule has 1 unspecified atom stereocenters. The van der Waals surface area contributed by atoms with Gasteiger partial charge in [-0.2, -0.15) is 11.8 Å². The number of thioether (sulfide) groups is 1. The van der Waals surface area contributed by atoms with Gasteiger partial charge >= 0.3 is 0 Å². The lowest BCUT2D eigenvalue weighted by Gasteiger charge is -2.09. The Hall–Kier alpha value is -0.470. The average Bonchev–Trinajstić information content (AvgIpc) is 2.25. The molecule has 0 spiro atoms. The van der Waals surface area contributed by atoms with E-state index in [0.29, 0.717) is 5.25 Å². The van der Waals surface area contributed by atoms with Gasteiger partial charge in [-0.1, -0.05) is 37.3 Å². The predicted octanol–water partition coefficient (Wildman–Crippen LogP) is 2.57. The molecule has 0 saturated carbocycles. The molecular formula is C12H19NS. The minimum absolute atomic E-state index is 0.714. The third-order valence-electron chi connectivity index (χ3n) is 2.27. The Labute approximate surface area is 91.3 Å². The first kappa shape index (κ1) is 11.6. The van der Waals surface area contributed by atoms with Crippen LogP contribution in [0.3, 0.4) is 0 Å². The first-order chi connectivity index (χ1) is 6.83. The molecule has 1 N–H and O–H groups in total. The molecule has 0 saturated heterocycles. The second-order valence-corrected chi connectivity index (χ2v) is 4.76. The standard InChI is InChI=1S/C12H19NS/c1-11(14-2)10-13-9-8-12-6-4-3-5-7-12/h3-7,11,13H,8-10H2,1-2H3. The highest BCUT2D eigenvalue weighted by molar-refractivity contribution is 7.99. The van der Waals surface area contributed by atoms with Crippen LogP contribution < -0.4 is 5.32 Å². The van der Waals surface area contributed by atoms with Crippen LogP contribution in [-0.4, -0.2) is 24.6 Å². The van der Waals surface area contributed by atoms with Crippen molar-refractivity contribution >= 4 is 11.8 Å². The fourth-order valence-corrected chi connectivity index (χ4v) is 1.55. The molecule has 0 amide bonds. The Bertz CT molecular complexity index is 235. The summed E-state index contributed by atoms with van der Waals surface area (Å²) in [6.45, 7) is 4.43. The molecule has 1 aromatic carbocycles. The first-order valence-corrected chi connectivity index (χ1v) is 6.39. The summed E-state index contributed by atoms with van der Waals surface area (Å²) in [6, 6.07) is 10.6. The SMILES string of the molecule is CSC(C)CNCCc1ccccc1. The van der Waals surface area contributed by atoms with Gasteiger partial charge in [0.2, 0.25) is 0 Å². The molecule has 0 bridgehead atoms. The highest BCUT2D eigenvalue weighted by Crippen LogP contribution is 2.03. The highest BCUT2D eigenvalue weighted by Gasteiger charge is 1.97. The lowest BCUT2D eigenvalue weighted by Crippen LogP contribution is -2.24. The highest BCUT2D eigenvalue weighted by atomic mass is 32.2. The van der Waals surface area contributed by atoms with Gasteiger partial charge < -0.3 is 5.32 Å². The summed E-state index contributed by atoms with van der Waals surface area (Å²) in [5, 5.41) is 4.18. The van der Waals surface area contributed by atoms with Gasteiger partial charge in [-0.25, -0.2) is 0 Å². The molecule has 1 aromatic rings. The van der Waals surface area contributed by atoms with E-state index in [1.807, 2.05) is 11.8 Å². The summed E-state index contributed by atoms with van der Waals surface area (Å²) in [5.41, 5.74) is 1.41. The minimum Gasteiger partial charge on any atom is -0.315 e. The summed E-state index contributed by atoms with van der Waals surface area (Å²) in [5.74, 6) is 0. The normalized spacial score (nSPS) is 12.7. The van der Waals surface area contributed by atoms with Gasteiger partial charge in [-0.3, -0.25) is 0 Å². The number of benzene rings is 1. The van der Waals surface area contributed by atoms with Crippen molar-refractivity contribution in [1.29, 1.82) is 0 Å². The number of rotatable bonds is 6. The van der Waals surface area contributed by atoms with E-state index in [4.69, 9.17) is 0 Å². The molecule has 0 aliphatic carbocycles. The van der Waals surface area contributed by atoms with Gasteiger partial charge in [0.25, 0.3) is 0 Å². The molecule has 78 valence electrons. The van der Waals surface area contributed by atoms with Crippen LogP contribution in [0.15, 0.2) is 30.3 Å². The second kappa shape index (κ2) is 6.91. The molecule has 0 aliphatic heterocycles. The third kappa shape index (κ3) is 4.68. The maximum Gasteiger partial charge on any atom is 0.0141 e. The lowest BCUT2D eigenvalue weighted by molar-refractivity contribution is 0.679. The smallest absolute Gasteiger partial charge is 0.0141 e. The van der Waals surface area contributed by atoms with Crippen LogP contribution in [0.2, 0.25) is 0 Å². The van der Waals surface area contributed by atoms with E-state index < -0.39 is 0 Å². The Morgan fingerprint density at radius 3 is 2.64 bits per heavy atom. The topological polar surface area (TPSA) is 12.0 Å². The molecule has 0 radical (unpaired) electrons. The largest absolute Gasteiger partial charge is 0.315 e. The summed E-state index contributed by atoms with van der Waals surface area (Å²) < 4.78 is 0. The van der Waals surface area contributed by atoms with Crippen LogP contribution in [0, 0.1) is 0 Å². The molecule has 2 heteroatoms. The van der Waals surface area contributed by atoms with E-state index in [9.17, 15) is 0 Å². The Kier molecular flexibility index (Phi) is 5.72. The van der Waals surface area contributed by atoms with Crippen LogP contribution in [0.5, 0.6) is 0 Å². The zero-order chi connectivity index (χ0) is 10.2.